The van der Waals surface area contributed by atoms with E-state index in [2.05, 4.69) is 0 Å². The molecule has 1 aliphatic heterocycles. The van der Waals surface area contributed by atoms with Gasteiger partial charge in [-0.15, -0.1) is 0 Å². The molecule has 0 radical (unpaired) electrons. The fraction of sp³-hybridized carbons (Fsp3) is 0.176. The molecule has 2 amide bonds. The fourth-order valence-corrected chi connectivity index (χ4v) is 2.37. The van der Waals surface area contributed by atoms with Gasteiger partial charge in [-0.3, -0.25) is 14.5 Å². The summed E-state index contributed by atoms with van der Waals surface area (Å²) in [5.74, 6) is -1.20. The third-order valence-electron chi connectivity index (χ3n) is 3.57. The molecule has 1 aromatic heterocycles. The highest BCUT2D eigenvalue weighted by Crippen LogP contribution is 2.26. The second-order valence-corrected chi connectivity index (χ2v) is 5.21. The summed E-state index contributed by atoms with van der Waals surface area (Å²) in [4.78, 5) is 37.8. The number of esters is 1. The van der Waals surface area contributed by atoms with Crippen LogP contribution in [0.15, 0.2) is 41.0 Å². The quantitative estimate of drug-likeness (QED) is 0.631. The Balaban J connectivity index is 1.86. The second-order valence-electron chi connectivity index (χ2n) is 5.21. The molecule has 0 aliphatic carbocycles. The highest BCUT2D eigenvalue weighted by molar-refractivity contribution is 6.21. The molecule has 0 N–H and O–H groups in total. The summed E-state index contributed by atoms with van der Waals surface area (Å²) in [5, 5.41) is 8.68. The SMILES string of the molecule is C[C@@H](C#N)OC(=O)c1ccc2c(c1)C(=O)N(Cc1ccco1)C2=O. The largest absolute Gasteiger partial charge is 0.467 e. The van der Waals surface area contributed by atoms with Gasteiger partial charge in [-0.1, -0.05) is 0 Å². The van der Waals surface area contributed by atoms with Gasteiger partial charge in [-0.25, -0.2) is 4.79 Å². The maximum absolute atomic E-state index is 12.4. The molecule has 7 heteroatoms. The van der Waals surface area contributed by atoms with Crippen LogP contribution in [0.1, 0.15) is 43.8 Å². The maximum atomic E-state index is 12.4. The summed E-state index contributed by atoms with van der Waals surface area (Å²) in [5.41, 5.74) is 0.457. The second kappa shape index (κ2) is 6.01. The summed E-state index contributed by atoms with van der Waals surface area (Å²) in [6, 6.07) is 9.22. The van der Waals surface area contributed by atoms with Crippen molar-refractivity contribution >= 4 is 17.8 Å². The fourth-order valence-electron chi connectivity index (χ4n) is 2.37. The minimum Gasteiger partial charge on any atom is -0.467 e. The Kier molecular flexibility index (Phi) is 3.88. The molecule has 1 atom stereocenters. The normalized spacial score (nSPS) is 14.2. The number of imide groups is 1. The third-order valence-corrected chi connectivity index (χ3v) is 3.57. The summed E-state index contributed by atoms with van der Waals surface area (Å²) in [6.07, 6.45) is 0.552. The molecule has 1 aliphatic rings. The molecule has 7 nitrogen and oxygen atoms in total. The molecule has 2 aromatic rings. The number of hydrogen-bond donors (Lipinski definition) is 0. The van der Waals surface area contributed by atoms with E-state index < -0.39 is 23.9 Å². The Hall–Kier alpha value is -3.40. The van der Waals surface area contributed by atoms with Crippen LogP contribution in [0, 0.1) is 11.3 Å². The van der Waals surface area contributed by atoms with Gasteiger partial charge < -0.3 is 9.15 Å². The monoisotopic (exact) mass is 324 g/mol. The first-order valence-corrected chi connectivity index (χ1v) is 7.14. The number of nitriles is 1. The van der Waals surface area contributed by atoms with Crippen molar-refractivity contribution in [3.05, 3.63) is 59.0 Å². The van der Waals surface area contributed by atoms with Gasteiger partial charge in [-0.2, -0.15) is 5.26 Å². The molecule has 0 saturated carbocycles. The minimum absolute atomic E-state index is 0.0184. The van der Waals surface area contributed by atoms with Gasteiger partial charge in [0.1, 0.15) is 11.8 Å². The Morgan fingerprint density at radius 3 is 2.71 bits per heavy atom. The molecule has 1 aromatic carbocycles. The molecule has 0 unspecified atom stereocenters. The maximum Gasteiger partial charge on any atom is 0.339 e. The number of benzene rings is 1. The van der Waals surface area contributed by atoms with Crippen molar-refractivity contribution in [3.8, 4) is 6.07 Å². The van der Waals surface area contributed by atoms with Crippen LogP contribution in [0.3, 0.4) is 0 Å². The van der Waals surface area contributed by atoms with E-state index in [0.29, 0.717) is 5.76 Å². The summed E-state index contributed by atoms with van der Waals surface area (Å²) in [7, 11) is 0. The molecule has 0 bridgehead atoms. The number of amides is 2. The van der Waals surface area contributed by atoms with Crippen molar-refractivity contribution < 1.29 is 23.5 Å². The predicted octanol–water partition coefficient (Wildman–Crippen LogP) is 2.14. The third kappa shape index (κ3) is 2.65. The number of furan rings is 1. The van der Waals surface area contributed by atoms with E-state index in [1.165, 1.54) is 31.4 Å². The number of fused-ring (bicyclic) bond motifs is 1. The van der Waals surface area contributed by atoms with Gasteiger partial charge in [-0.05, 0) is 37.3 Å². The van der Waals surface area contributed by atoms with Crippen LogP contribution in [0.5, 0.6) is 0 Å². The first-order valence-electron chi connectivity index (χ1n) is 7.14. The molecule has 0 spiro atoms. The van der Waals surface area contributed by atoms with Crippen molar-refractivity contribution in [2.45, 2.75) is 19.6 Å². The zero-order valence-corrected chi connectivity index (χ0v) is 12.7. The average Bonchev–Trinajstić information content (AvgIpc) is 3.17. The summed E-state index contributed by atoms with van der Waals surface area (Å²) < 4.78 is 10.1. The predicted molar refractivity (Wildman–Crippen MR) is 79.8 cm³/mol. The standard InChI is InChI=1S/C17H12N2O5/c1-10(8-18)24-17(22)11-4-5-13-14(7-11)16(21)19(15(13)20)9-12-3-2-6-23-12/h2-7,10H,9H2,1H3/t10-/m0/s1. The van der Waals surface area contributed by atoms with E-state index in [9.17, 15) is 14.4 Å². The molecule has 3 rings (SSSR count). The van der Waals surface area contributed by atoms with Crippen LogP contribution in [-0.4, -0.2) is 28.8 Å². The molecule has 2 heterocycles. The average molecular weight is 324 g/mol. The van der Waals surface area contributed by atoms with Gasteiger partial charge in [0, 0.05) is 0 Å². The molecule has 24 heavy (non-hydrogen) atoms. The van der Waals surface area contributed by atoms with Crippen molar-refractivity contribution in [1.29, 1.82) is 5.26 Å². The number of carbonyl (C=O) groups is 3. The van der Waals surface area contributed by atoms with Crippen molar-refractivity contribution in [3.63, 3.8) is 0 Å². The highest BCUT2D eigenvalue weighted by Gasteiger charge is 2.36. The lowest BCUT2D eigenvalue weighted by atomic mass is 10.1. The number of nitrogens with zero attached hydrogens (tertiary/aromatic N) is 2. The topological polar surface area (TPSA) is 101 Å². The van der Waals surface area contributed by atoms with Gasteiger partial charge >= 0.3 is 5.97 Å². The Labute approximate surface area is 137 Å². The first-order chi connectivity index (χ1) is 11.5. The van der Waals surface area contributed by atoms with E-state index in [0.717, 1.165) is 4.90 Å². The number of ether oxygens (including phenoxy) is 1. The van der Waals surface area contributed by atoms with Crippen molar-refractivity contribution in [2.75, 3.05) is 0 Å². The zero-order chi connectivity index (χ0) is 17.3. The van der Waals surface area contributed by atoms with E-state index >= 15 is 0 Å². The van der Waals surface area contributed by atoms with Crippen LogP contribution in [0.2, 0.25) is 0 Å². The van der Waals surface area contributed by atoms with E-state index in [-0.39, 0.29) is 23.2 Å². The number of hydrogen-bond acceptors (Lipinski definition) is 6. The summed E-state index contributed by atoms with van der Waals surface area (Å²) >= 11 is 0. The molecular formula is C17H12N2O5. The van der Waals surface area contributed by atoms with Gasteiger partial charge in [0.05, 0.1) is 29.5 Å². The van der Waals surface area contributed by atoms with Crippen LogP contribution in [0.4, 0.5) is 0 Å². The lowest BCUT2D eigenvalue weighted by Gasteiger charge is -2.11. The Morgan fingerprint density at radius 2 is 2.04 bits per heavy atom. The highest BCUT2D eigenvalue weighted by atomic mass is 16.5. The van der Waals surface area contributed by atoms with Crippen molar-refractivity contribution in [2.24, 2.45) is 0 Å². The van der Waals surface area contributed by atoms with Gasteiger partial charge in [0.2, 0.25) is 0 Å². The number of carbonyl (C=O) groups excluding carboxylic acids is 3. The van der Waals surface area contributed by atoms with Crippen molar-refractivity contribution in [1.82, 2.24) is 4.90 Å². The Morgan fingerprint density at radius 1 is 1.29 bits per heavy atom. The van der Waals surface area contributed by atoms with Crippen LogP contribution < -0.4 is 0 Å². The van der Waals surface area contributed by atoms with E-state index in [4.69, 9.17) is 14.4 Å². The van der Waals surface area contributed by atoms with E-state index in [1.807, 2.05) is 0 Å². The lowest BCUT2D eigenvalue weighted by molar-refractivity contribution is 0.0435. The Bertz CT molecular complexity index is 864. The first kappa shape index (κ1) is 15.5. The minimum atomic E-state index is -0.904. The number of rotatable bonds is 4. The molecule has 0 fully saturated rings. The summed E-state index contributed by atoms with van der Waals surface area (Å²) in [6.45, 7) is 1.45. The van der Waals surface area contributed by atoms with Crippen LogP contribution >= 0.6 is 0 Å². The van der Waals surface area contributed by atoms with Gasteiger partial charge in [0.25, 0.3) is 11.8 Å². The van der Waals surface area contributed by atoms with Crippen LogP contribution in [-0.2, 0) is 11.3 Å². The molecule has 120 valence electrons. The zero-order valence-electron chi connectivity index (χ0n) is 12.7. The molecule has 0 saturated heterocycles. The van der Waals surface area contributed by atoms with Crippen LogP contribution in [0.25, 0.3) is 0 Å². The van der Waals surface area contributed by atoms with E-state index in [1.54, 1.807) is 18.2 Å². The van der Waals surface area contributed by atoms with Gasteiger partial charge in [0.15, 0.2) is 6.10 Å². The smallest absolute Gasteiger partial charge is 0.339 e. The molecular weight excluding hydrogens is 312 g/mol. The lowest BCUT2D eigenvalue weighted by Crippen LogP contribution is -2.28.